The van der Waals surface area contributed by atoms with Crippen molar-refractivity contribution in [2.24, 2.45) is 0 Å². The summed E-state index contributed by atoms with van der Waals surface area (Å²) in [5, 5.41) is 0. The number of hydrogen-bond acceptors (Lipinski definition) is 2. The number of ether oxygens (including phenoxy) is 1. The van der Waals surface area contributed by atoms with Crippen molar-refractivity contribution in [3.8, 4) is 11.4 Å². The molecule has 0 saturated carbocycles. The molecule has 1 N–H and O–H groups in total. The van der Waals surface area contributed by atoms with Gasteiger partial charge in [-0.2, -0.15) is 0 Å². The van der Waals surface area contributed by atoms with Gasteiger partial charge in [0, 0.05) is 6.07 Å². The number of H-pyrrole nitrogens is 1. The summed E-state index contributed by atoms with van der Waals surface area (Å²) in [6.07, 6.45) is 0. The third-order valence-electron chi connectivity index (χ3n) is 2.98. The van der Waals surface area contributed by atoms with Gasteiger partial charge >= 0.3 is 5.69 Å². The topological polar surface area (TPSA) is 47.0 Å². The zero-order valence-corrected chi connectivity index (χ0v) is 10.2. The Labute approximate surface area is 108 Å². The van der Waals surface area contributed by atoms with Crippen LogP contribution in [-0.2, 0) is 0 Å². The van der Waals surface area contributed by atoms with Gasteiger partial charge in [-0.15, -0.1) is 0 Å². The van der Waals surface area contributed by atoms with Crippen molar-refractivity contribution in [2.45, 2.75) is 0 Å². The van der Waals surface area contributed by atoms with Crippen LogP contribution >= 0.6 is 0 Å². The molecule has 0 aliphatic carbocycles. The van der Waals surface area contributed by atoms with E-state index in [2.05, 4.69) is 4.98 Å². The van der Waals surface area contributed by atoms with E-state index < -0.39 is 5.82 Å². The van der Waals surface area contributed by atoms with Crippen LogP contribution in [0.3, 0.4) is 0 Å². The van der Waals surface area contributed by atoms with E-state index in [1.165, 1.54) is 10.6 Å². The Bertz CT molecular complexity index is 805. The van der Waals surface area contributed by atoms with Gasteiger partial charge in [-0.25, -0.2) is 9.18 Å². The minimum absolute atomic E-state index is 0.204. The van der Waals surface area contributed by atoms with Crippen LogP contribution in [0.5, 0.6) is 5.75 Å². The van der Waals surface area contributed by atoms with Gasteiger partial charge in [-0.05, 0) is 24.3 Å². The number of nitrogens with zero attached hydrogens (tertiary/aromatic N) is 1. The highest BCUT2D eigenvalue weighted by Crippen LogP contribution is 2.20. The van der Waals surface area contributed by atoms with Gasteiger partial charge in [0.05, 0.1) is 18.3 Å². The van der Waals surface area contributed by atoms with Crippen LogP contribution in [0.15, 0.2) is 47.3 Å². The summed E-state index contributed by atoms with van der Waals surface area (Å²) in [6.45, 7) is 0. The molecule has 0 fully saturated rings. The number of hydrogen-bond donors (Lipinski definition) is 1. The molecule has 0 bridgehead atoms. The molecule has 96 valence electrons. The van der Waals surface area contributed by atoms with E-state index in [1.807, 2.05) is 0 Å². The molecule has 5 heteroatoms. The number of halogens is 1. The lowest BCUT2D eigenvalue weighted by Crippen LogP contribution is -2.14. The molecule has 3 rings (SSSR count). The number of fused-ring (bicyclic) bond motifs is 1. The zero-order chi connectivity index (χ0) is 13.4. The Morgan fingerprint density at radius 3 is 2.79 bits per heavy atom. The lowest BCUT2D eigenvalue weighted by molar-refractivity contribution is 0.414. The number of benzene rings is 2. The summed E-state index contributed by atoms with van der Waals surface area (Å²) in [5.41, 5.74) is 0.947. The molecule has 0 amide bonds. The van der Waals surface area contributed by atoms with Crippen molar-refractivity contribution in [1.82, 2.24) is 9.55 Å². The maximum atomic E-state index is 13.6. The van der Waals surface area contributed by atoms with E-state index in [1.54, 1.807) is 43.5 Å². The largest absolute Gasteiger partial charge is 0.497 e. The van der Waals surface area contributed by atoms with Crippen LogP contribution < -0.4 is 10.4 Å². The van der Waals surface area contributed by atoms with Gasteiger partial charge in [-0.3, -0.25) is 4.57 Å². The highest BCUT2D eigenvalue weighted by atomic mass is 19.1. The Morgan fingerprint density at radius 2 is 2.00 bits per heavy atom. The van der Waals surface area contributed by atoms with E-state index in [9.17, 15) is 9.18 Å². The first-order valence-electron chi connectivity index (χ1n) is 5.74. The SMILES string of the molecule is COc1cccc(-n2c(=O)[nH]c3c(F)cccc32)c1. The molecular weight excluding hydrogens is 247 g/mol. The van der Waals surface area contributed by atoms with Crippen molar-refractivity contribution < 1.29 is 9.13 Å². The van der Waals surface area contributed by atoms with E-state index in [-0.39, 0.29) is 11.2 Å². The van der Waals surface area contributed by atoms with Crippen LogP contribution in [0, 0.1) is 5.82 Å². The standard InChI is InChI=1S/C14H11FN2O2/c1-19-10-5-2-4-9(8-10)17-12-7-3-6-11(15)13(12)16-14(17)18/h2-8H,1H3,(H,16,18). The molecule has 1 heterocycles. The van der Waals surface area contributed by atoms with Crippen molar-refractivity contribution in [1.29, 1.82) is 0 Å². The van der Waals surface area contributed by atoms with E-state index >= 15 is 0 Å². The fourth-order valence-corrected chi connectivity index (χ4v) is 2.10. The number of imidazole rings is 1. The first-order valence-corrected chi connectivity index (χ1v) is 5.74. The second kappa shape index (κ2) is 4.28. The maximum absolute atomic E-state index is 13.6. The third kappa shape index (κ3) is 1.79. The number of aromatic amines is 1. The first kappa shape index (κ1) is 11.5. The van der Waals surface area contributed by atoms with E-state index in [4.69, 9.17) is 4.74 Å². The normalized spacial score (nSPS) is 10.8. The van der Waals surface area contributed by atoms with Crippen LogP contribution in [0.25, 0.3) is 16.7 Å². The average Bonchev–Trinajstić information content (AvgIpc) is 2.77. The van der Waals surface area contributed by atoms with E-state index in [0.717, 1.165) is 0 Å². The van der Waals surface area contributed by atoms with Gasteiger partial charge in [0.1, 0.15) is 17.1 Å². The Hall–Kier alpha value is -2.56. The van der Waals surface area contributed by atoms with Crippen LogP contribution in [0.4, 0.5) is 4.39 Å². The smallest absolute Gasteiger partial charge is 0.331 e. The lowest BCUT2D eigenvalue weighted by Gasteiger charge is -2.05. The second-order valence-corrected chi connectivity index (χ2v) is 4.10. The molecule has 1 aromatic heterocycles. The average molecular weight is 258 g/mol. The molecule has 2 aromatic carbocycles. The molecule has 4 nitrogen and oxygen atoms in total. The fraction of sp³-hybridized carbons (Fsp3) is 0.0714. The van der Waals surface area contributed by atoms with Gasteiger partial charge in [-0.1, -0.05) is 12.1 Å². The molecule has 0 atom stereocenters. The van der Waals surface area contributed by atoms with Crippen molar-refractivity contribution in [2.75, 3.05) is 7.11 Å². The summed E-state index contributed by atoms with van der Waals surface area (Å²) in [6, 6.07) is 11.6. The number of para-hydroxylation sites is 1. The molecule has 0 aliphatic rings. The summed E-state index contributed by atoms with van der Waals surface area (Å²) in [7, 11) is 1.55. The molecule has 3 aromatic rings. The second-order valence-electron chi connectivity index (χ2n) is 4.10. The minimum atomic E-state index is -0.448. The summed E-state index contributed by atoms with van der Waals surface area (Å²) in [4.78, 5) is 14.5. The molecule has 19 heavy (non-hydrogen) atoms. The number of nitrogens with one attached hydrogen (secondary N) is 1. The number of rotatable bonds is 2. The minimum Gasteiger partial charge on any atom is -0.497 e. The molecule has 0 saturated heterocycles. The lowest BCUT2D eigenvalue weighted by atomic mass is 10.2. The molecule has 0 spiro atoms. The van der Waals surface area contributed by atoms with Crippen molar-refractivity contribution in [3.63, 3.8) is 0 Å². The highest BCUT2D eigenvalue weighted by Gasteiger charge is 2.11. The van der Waals surface area contributed by atoms with E-state index in [0.29, 0.717) is 17.0 Å². The predicted octanol–water partition coefficient (Wildman–Crippen LogP) is 2.47. The number of aromatic nitrogens is 2. The highest BCUT2D eigenvalue weighted by molar-refractivity contribution is 5.77. The third-order valence-corrected chi connectivity index (χ3v) is 2.98. The zero-order valence-electron chi connectivity index (χ0n) is 10.2. The van der Waals surface area contributed by atoms with Crippen LogP contribution in [-0.4, -0.2) is 16.7 Å². The monoisotopic (exact) mass is 258 g/mol. The summed E-state index contributed by atoms with van der Waals surface area (Å²) >= 11 is 0. The van der Waals surface area contributed by atoms with Crippen LogP contribution in [0.2, 0.25) is 0 Å². The Morgan fingerprint density at radius 1 is 1.21 bits per heavy atom. The molecule has 0 aliphatic heterocycles. The molecule has 0 radical (unpaired) electrons. The fourth-order valence-electron chi connectivity index (χ4n) is 2.10. The Balaban J connectivity index is 2.33. The quantitative estimate of drug-likeness (QED) is 0.767. The van der Waals surface area contributed by atoms with Gasteiger partial charge in [0.2, 0.25) is 0 Å². The Kier molecular flexibility index (Phi) is 2.59. The summed E-state index contributed by atoms with van der Waals surface area (Å²) in [5.74, 6) is 0.186. The van der Waals surface area contributed by atoms with Gasteiger partial charge in [0.25, 0.3) is 0 Å². The predicted molar refractivity (Wildman–Crippen MR) is 70.4 cm³/mol. The van der Waals surface area contributed by atoms with Crippen molar-refractivity contribution in [3.05, 3.63) is 58.8 Å². The van der Waals surface area contributed by atoms with Gasteiger partial charge in [0.15, 0.2) is 0 Å². The maximum Gasteiger partial charge on any atom is 0.331 e. The number of methoxy groups -OCH3 is 1. The van der Waals surface area contributed by atoms with Crippen LogP contribution in [0.1, 0.15) is 0 Å². The molecule has 0 unspecified atom stereocenters. The van der Waals surface area contributed by atoms with Crippen molar-refractivity contribution >= 4 is 11.0 Å². The van der Waals surface area contributed by atoms with Gasteiger partial charge < -0.3 is 9.72 Å². The molecular formula is C14H11FN2O2. The first-order chi connectivity index (χ1) is 9.20. The summed E-state index contributed by atoms with van der Waals surface area (Å²) < 4.78 is 20.2.